The van der Waals surface area contributed by atoms with Crippen LogP contribution in [0.25, 0.3) is 11.5 Å². The standard InChI is InChI=1S/C25H24N4O/c1-17-6-9-20(10-7-17)25(30)28-15-21-22(16-28)26-29(24(21)27-12-4-5-13-27)23-11-8-18(2)14-19(23)3/h4-14H,15-16H2,1-3H3. The van der Waals surface area contributed by atoms with Crippen LogP contribution in [-0.2, 0) is 13.1 Å². The summed E-state index contributed by atoms with van der Waals surface area (Å²) < 4.78 is 4.11. The van der Waals surface area contributed by atoms with Gasteiger partial charge in [-0.15, -0.1) is 0 Å². The minimum Gasteiger partial charge on any atom is -0.328 e. The first kappa shape index (κ1) is 18.4. The van der Waals surface area contributed by atoms with E-state index in [0.29, 0.717) is 13.1 Å². The van der Waals surface area contributed by atoms with Gasteiger partial charge in [-0.1, -0.05) is 35.4 Å². The van der Waals surface area contributed by atoms with Gasteiger partial charge in [-0.2, -0.15) is 5.10 Å². The molecule has 30 heavy (non-hydrogen) atoms. The average Bonchev–Trinajstić information content (AvgIpc) is 3.44. The summed E-state index contributed by atoms with van der Waals surface area (Å²) in [7, 11) is 0. The fraction of sp³-hybridized carbons (Fsp3) is 0.200. The quantitative estimate of drug-likeness (QED) is 0.502. The Balaban J connectivity index is 1.56. The normalized spacial score (nSPS) is 13.0. The maximum atomic E-state index is 13.1. The smallest absolute Gasteiger partial charge is 0.254 e. The lowest BCUT2D eigenvalue weighted by molar-refractivity contribution is 0.0749. The third-order valence-electron chi connectivity index (χ3n) is 5.74. The van der Waals surface area contributed by atoms with E-state index in [1.165, 1.54) is 11.1 Å². The predicted octanol–water partition coefficient (Wildman–Crippen LogP) is 4.74. The largest absolute Gasteiger partial charge is 0.328 e. The molecule has 0 atom stereocenters. The Labute approximate surface area is 176 Å². The molecule has 1 aliphatic heterocycles. The van der Waals surface area contributed by atoms with Crippen molar-refractivity contribution in [3.05, 3.63) is 101 Å². The van der Waals surface area contributed by atoms with Crippen molar-refractivity contribution in [3.8, 4) is 11.5 Å². The summed E-state index contributed by atoms with van der Waals surface area (Å²) in [6, 6.07) is 18.2. The van der Waals surface area contributed by atoms with E-state index in [0.717, 1.165) is 33.9 Å². The second kappa shape index (κ2) is 7.02. The molecule has 0 aliphatic carbocycles. The number of aryl methyl sites for hydroxylation is 3. The maximum Gasteiger partial charge on any atom is 0.254 e. The van der Waals surface area contributed by atoms with E-state index in [1.54, 1.807) is 0 Å². The molecule has 0 spiro atoms. The van der Waals surface area contributed by atoms with Crippen LogP contribution in [-0.4, -0.2) is 25.2 Å². The van der Waals surface area contributed by atoms with Gasteiger partial charge in [0.05, 0.1) is 24.5 Å². The third kappa shape index (κ3) is 3.03. The van der Waals surface area contributed by atoms with E-state index in [9.17, 15) is 4.79 Å². The molecule has 5 rings (SSSR count). The summed E-state index contributed by atoms with van der Waals surface area (Å²) in [5.74, 6) is 1.05. The van der Waals surface area contributed by atoms with Crippen molar-refractivity contribution in [1.29, 1.82) is 0 Å². The van der Waals surface area contributed by atoms with Gasteiger partial charge in [-0.25, -0.2) is 4.68 Å². The van der Waals surface area contributed by atoms with Crippen molar-refractivity contribution < 1.29 is 4.79 Å². The number of aromatic nitrogens is 3. The molecule has 0 fully saturated rings. The molecular weight excluding hydrogens is 372 g/mol. The monoisotopic (exact) mass is 396 g/mol. The first-order chi connectivity index (χ1) is 14.5. The molecule has 2 aromatic heterocycles. The first-order valence-electron chi connectivity index (χ1n) is 10.2. The van der Waals surface area contributed by atoms with E-state index >= 15 is 0 Å². The lowest BCUT2D eigenvalue weighted by Crippen LogP contribution is -2.26. The highest BCUT2D eigenvalue weighted by Crippen LogP contribution is 2.32. The van der Waals surface area contributed by atoms with Gasteiger partial charge in [-0.3, -0.25) is 4.79 Å². The number of carbonyl (C=O) groups excluding carboxylic acids is 1. The van der Waals surface area contributed by atoms with Crippen LogP contribution in [0.3, 0.4) is 0 Å². The van der Waals surface area contributed by atoms with Gasteiger partial charge in [-0.05, 0) is 56.7 Å². The Morgan fingerprint density at radius 2 is 1.60 bits per heavy atom. The first-order valence-corrected chi connectivity index (χ1v) is 10.2. The van der Waals surface area contributed by atoms with Crippen LogP contribution in [0, 0.1) is 20.8 Å². The van der Waals surface area contributed by atoms with Crippen molar-refractivity contribution >= 4 is 5.91 Å². The summed E-state index contributed by atoms with van der Waals surface area (Å²) in [5.41, 5.74) is 7.40. The molecule has 3 heterocycles. The zero-order chi connectivity index (χ0) is 20.8. The zero-order valence-corrected chi connectivity index (χ0v) is 17.5. The Morgan fingerprint density at radius 3 is 2.30 bits per heavy atom. The van der Waals surface area contributed by atoms with Crippen LogP contribution in [0.15, 0.2) is 67.0 Å². The van der Waals surface area contributed by atoms with Crippen LogP contribution in [0.4, 0.5) is 0 Å². The molecule has 0 saturated carbocycles. The number of fused-ring (bicyclic) bond motifs is 1. The summed E-state index contributed by atoms with van der Waals surface area (Å²) in [6.07, 6.45) is 4.06. The molecule has 0 bridgehead atoms. The third-order valence-corrected chi connectivity index (χ3v) is 5.74. The molecule has 0 radical (unpaired) electrons. The highest BCUT2D eigenvalue weighted by atomic mass is 16.2. The van der Waals surface area contributed by atoms with Gasteiger partial charge < -0.3 is 9.47 Å². The Bertz CT molecular complexity index is 1230. The van der Waals surface area contributed by atoms with Crippen LogP contribution in [0.5, 0.6) is 0 Å². The van der Waals surface area contributed by atoms with Crippen LogP contribution < -0.4 is 0 Å². The summed E-state index contributed by atoms with van der Waals surface area (Å²) in [6.45, 7) is 7.32. The molecule has 0 saturated heterocycles. The summed E-state index contributed by atoms with van der Waals surface area (Å²) in [5, 5.41) is 4.95. The molecule has 2 aromatic carbocycles. The van der Waals surface area contributed by atoms with Gasteiger partial charge >= 0.3 is 0 Å². The van der Waals surface area contributed by atoms with Gasteiger partial charge in [0.2, 0.25) is 0 Å². The zero-order valence-electron chi connectivity index (χ0n) is 17.5. The second-order valence-electron chi connectivity index (χ2n) is 8.07. The number of amides is 1. The Morgan fingerprint density at radius 1 is 0.900 bits per heavy atom. The second-order valence-corrected chi connectivity index (χ2v) is 8.07. The lowest BCUT2D eigenvalue weighted by atomic mass is 10.1. The van der Waals surface area contributed by atoms with E-state index in [1.807, 2.05) is 65.3 Å². The molecular formula is C25H24N4O. The Kier molecular flexibility index (Phi) is 4.31. The SMILES string of the molecule is Cc1ccc(C(=O)N2Cc3nn(-c4ccc(C)cc4C)c(-n4cccc4)c3C2)cc1. The Hall–Kier alpha value is -3.60. The van der Waals surface area contributed by atoms with Gasteiger partial charge in [0.15, 0.2) is 0 Å². The molecule has 5 nitrogen and oxygen atoms in total. The maximum absolute atomic E-state index is 13.1. The lowest BCUT2D eigenvalue weighted by Gasteiger charge is -2.18. The van der Waals surface area contributed by atoms with Crippen LogP contribution in [0.1, 0.15) is 38.3 Å². The minimum atomic E-state index is 0.0459. The van der Waals surface area contributed by atoms with Crippen molar-refractivity contribution in [3.63, 3.8) is 0 Å². The fourth-order valence-corrected chi connectivity index (χ4v) is 4.18. The van der Waals surface area contributed by atoms with Gasteiger partial charge in [0.25, 0.3) is 5.91 Å². The molecule has 0 N–H and O–H groups in total. The number of nitrogens with zero attached hydrogens (tertiary/aromatic N) is 4. The number of hydrogen-bond donors (Lipinski definition) is 0. The minimum absolute atomic E-state index is 0.0459. The average molecular weight is 396 g/mol. The molecule has 5 heteroatoms. The fourth-order valence-electron chi connectivity index (χ4n) is 4.18. The molecule has 4 aromatic rings. The summed E-state index contributed by atoms with van der Waals surface area (Å²) >= 11 is 0. The molecule has 150 valence electrons. The number of benzene rings is 2. The van der Waals surface area contributed by atoms with E-state index in [4.69, 9.17) is 5.10 Å². The highest BCUT2D eigenvalue weighted by molar-refractivity contribution is 5.94. The van der Waals surface area contributed by atoms with Crippen molar-refractivity contribution in [2.24, 2.45) is 0 Å². The number of hydrogen-bond acceptors (Lipinski definition) is 2. The van der Waals surface area contributed by atoms with Crippen molar-refractivity contribution in [2.75, 3.05) is 0 Å². The van der Waals surface area contributed by atoms with E-state index in [-0.39, 0.29) is 5.91 Å². The number of rotatable bonds is 3. The number of carbonyl (C=O) groups is 1. The van der Waals surface area contributed by atoms with Crippen LogP contribution in [0.2, 0.25) is 0 Å². The van der Waals surface area contributed by atoms with Gasteiger partial charge in [0, 0.05) is 23.5 Å². The van der Waals surface area contributed by atoms with E-state index < -0.39 is 0 Å². The highest BCUT2D eigenvalue weighted by Gasteiger charge is 2.32. The predicted molar refractivity (Wildman–Crippen MR) is 117 cm³/mol. The van der Waals surface area contributed by atoms with Gasteiger partial charge in [0.1, 0.15) is 5.82 Å². The van der Waals surface area contributed by atoms with E-state index in [2.05, 4.69) is 36.6 Å². The van der Waals surface area contributed by atoms with Crippen molar-refractivity contribution in [1.82, 2.24) is 19.2 Å². The van der Waals surface area contributed by atoms with Crippen LogP contribution >= 0.6 is 0 Å². The molecule has 1 aliphatic rings. The van der Waals surface area contributed by atoms with Crippen molar-refractivity contribution in [2.45, 2.75) is 33.9 Å². The molecule has 1 amide bonds. The topological polar surface area (TPSA) is 43.1 Å². The summed E-state index contributed by atoms with van der Waals surface area (Å²) in [4.78, 5) is 14.9. The molecule has 0 unspecified atom stereocenters.